The minimum Gasteiger partial charge on any atom is -0.477 e. The first kappa shape index (κ1) is 24.4. The Morgan fingerprint density at radius 3 is 2.46 bits per heavy atom. The number of aromatic carboxylic acids is 1. The van der Waals surface area contributed by atoms with Crippen LogP contribution < -0.4 is 5.56 Å². The topological polar surface area (TPSA) is 91.9 Å². The summed E-state index contributed by atoms with van der Waals surface area (Å²) in [4.78, 5) is 24.0. The number of carboxylic acid groups (broad SMARTS) is 1. The van der Waals surface area contributed by atoms with E-state index < -0.39 is 17.7 Å². The number of hydrogen-bond donors (Lipinski definition) is 2. The third-order valence-electron chi connectivity index (χ3n) is 5.69. The standard InChI is InChI=1S/C26H20ClFN2O4S/c1-30-14-17(6-11-25(30)31)22(29-34)13-20(19-8-7-18(27)12-21(19)28)15-2-4-16(5-3-15)23-9-10-24(35-23)26(32)33/h2-12,14,20,34H,13H2,1H3,(H,32,33)/b29-22+/t20-/m0/s1. The molecular weight excluding hydrogens is 491 g/mol. The Morgan fingerprint density at radius 1 is 1.11 bits per heavy atom. The molecule has 2 N–H and O–H groups in total. The summed E-state index contributed by atoms with van der Waals surface area (Å²) in [5.41, 5.74) is 2.57. The summed E-state index contributed by atoms with van der Waals surface area (Å²) in [6, 6.07) is 18.0. The average Bonchev–Trinajstić information content (AvgIpc) is 3.34. The maximum atomic E-state index is 15.0. The zero-order valence-electron chi connectivity index (χ0n) is 18.5. The van der Waals surface area contributed by atoms with Crippen LogP contribution >= 0.6 is 22.9 Å². The van der Waals surface area contributed by atoms with E-state index in [0.29, 0.717) is 11.1 Å². The molecule has 0 bridgehead atoms. The van der Waals surface area contributed by atoms with E-state index in [1.54, 1.807) is 43.6 Å². The number of rotatable bonds is 7. The van der Waals surface area contributed by atoms with Crippen molar-refractivity contribution in [3.05, 3.63) is 116 Å². The molecule has 6 nitrogen and oxygen atoms in total. The molecule has 0 aliphatic heterocycles. The Labute approximate surface area is 209 Å². The van der Waals surface area contributed by atoms with Gasteiger partial charge in [0.2, 0.25) is 5.56 Å². The Balaban J connectivity index is 1.73. The van der Waals surface area contributed by atoms with Crippen LogP contribution in [0.25, 0.3) is 10.4 Å². The van der Waals surface area contributed by atoms with Gasteiger partial charge in [0.15, 0.2) is 0 Å². The highest BCUT2D eigenvalue weighted by atomic mass is 35.5. The summed E-state index contributed by atoms with van der Waals surface area (Å²) < 4.78 is 16.4. The van der Waals surface area contributed by atoms with Crippen molar-refractivity contribution in [2.45, 2.75) is 12.3 Å². The number of thiophene rings is 1. The summed E-state index contributed by atoms with van der Waals surface area (Å²) in [6.45, 7) is 0. The fraction of sp³-hybridized carbons (Fsp3) is 0.115. The van der Waals surface area contributed by atoms with E-state index in [1.165, 1.54) is 28.0 Å². The first-order valence-corrected chi connectivity index (χ1v) is 11.7. The molecule has 4 rings (SSSR count). The molecule has 4 aromatic rings. The zero-order chi connectivity index (χ0) is 25.1. The first-order valence-electron chi connectivity index (χ1n) is 10.5. The van der Waals surface area contributed by atoms with Gasteiger partial charge in [0.1, 0.15) is 10.7 Å². The van der Waals surface area contributed by atoms with Crippen LogP contribution in [-0.4, -0.2) is 26.6 Å². The molecule has 9 heteroatoms. The highest BCUT2D eigenvalue weighted by Gasteiger charge is 2.22. The highest BCUT2D eigenvalue weighted by Crippen LogP contribution is 2.35. The van der Waals surface area contributed by atoms with Crippen LogP contribution in [-0.2, 0) is 7.05 Å². The number of aryl methyl sites for hydroxylation is 1. The Morgan fingerprint density at radius 2 is 1.86 bits per heavy atom. The first-order chi connectivity index (χ1) is 16.8. The molecule has 1 atom stereocenters. The van der Waals surface area contributed by atoms with Crippen LogP contribution in [0.2, 0.25) is 5.02 Å². The average molecular weight is 511 g/mol. The predicted octanol–water partition coefficient (Wildman–Crippen LogP) is 6.01. The molecular formula is C26H20ClFN2O4S. The molecule has 0 spiro atoms. The van der Waals surface area contributed by atoms with Gasteiger partial charge in [-0.1, -0.05) is 47.1 Å². The zero-order valence-corrected chi connectivity index (χ0v) is 20.1. The lowest BCUT2D eigenvalue weighted by molar-refractivity contribution is 0.0702. The summed E-state index contributed by atoms with van der Waals surface area (Å²) in [7, 11) is 1.59. The smallest absolute Gasteiger partial charge is 0.345 e. The minimum absolute atomic E-state index is 0.148. The van der Waals surface area contributed by atoms with Crippen molar-refractivity contribution in [3.63, 3.8) is 0 Å². The molecule has 0 unspecified atom stereocenters. The highest BCUT2D eigenvalue weighted by molar-refractivity contribution is 7.17. The van der Waals surface area contributed by atoms with E-state index in [0.717, 1.165) is 16.0 Å². The van der Waals surface area contributed by atoms with Crippen molar-refractivity contribution in [1.29, 1.82) is 0 Å². The van der Waals surface area contributed by atoms with Crippen molar-refractivity contribution in [1.82, 2.24) is 4.57 Å². The van der Waals surface area contributed by atoms with Crippen LogP contribution in [0.3, 0.4) is 0 Å². The third-order valence-corrected chi connectivity index (χ3v) is 7.05. The molecule has 0 amide bonds. The number of pyridine rings is 1. The molecule has 0 radical (unpaired) electrons. The largest absolute Gasteiger partial charge is 0.477 e. The van der Waals surface area contributed by atoms with Crippen LogP contribution in [0, 0.1) is 5.82 Å². The number of carboxylic acids is 1. The Kier molecular flexibility index (Phi) is 7.14. The third kappa shape index (κ3) is 5.34. The van der Waals surface area contributed by atoms with Crippen LogP contribution in [0.15, 0.2) is 82.9 Å². The Bertz CT molecular complexity index is 1480. The second-order valence-corrected chi connectivity index (χ2v) is 9.45. The normalized spacial score (nSPS) is 12.5. The van der Waals surface area contributed by atoms with Gasteiger partial charge in [0, 0.05) is 47.1 Å². The fourth-order valence-corrected chi connectivity index (χ4v) is 4.86. The number of aromatic nitrogens is 1. The van der Waals surface area contributed by atoms with Crippen LogP contribution in [0.5, 0.6) is 0 Å². The summed E-state index contributed by atoms with van der Waals surface area (Å²) in [5, 5.41) is 22.7. The van der Waals surface area contributed by atoms with Crippen LogP contribution in [0.1, 0.15) is 38.7 Å². The maximum absolute atomic E-state index is 15.0. The Hall–Kier alpha value is -3.75. The number of benzene rings is 2. The second kappa shape index (κ2) is 10.2. The van der Waals surface area contributed by atoms with Crippen molar-refractivity contribution in [2.75, 3.05) is 0 Å². The maximum Gasteiger partial charge on any atom is 0.345 e. The van der Waals surface area contributed by atoms with E-state index in [2.05, 4.69) is 5.16 Å². The van der Waals surface area contributed by atoms with Crippen molar-refractivity contribution >= 4 is 34.6 Å². The van der Waals surface area contributed by atoms with Gasteiger partial charge < -0.3 is 14.9 Å². The quantitative estimate of drug-likeness (QED) is 0.181. The lowest BCUT2D eigenvalue weighted by atomic mass is 9.85. The van der Waals surface area contributed by atoms with E-state index >= 15 is 0 Å². The minimum atomic E-state index is -0.981. The lowest BCUT2D eigenvalue weighted by Crippen LogP contribution is -2.18. The van der Waals surface area contributed by atoms with Gasteiger partial charge in [-0.3, -0.25) is 4.79 Å². The summed E-state index contributed by atoms with van der Waals surface area (Å²) in [5.74, 6) is -2.00. The number of nitrogens with zero attached hydrogens (tertiary/aromatic N) is 2. The molecule has 2 aromatic heterocycles. The van der Waals surface area contributed by atoms with Gasteiger partial charge in [-0.15, -0.1) is 11.3 Å². The van der Waals surface area contributed by atoms with Gasteiger partial charge in [-0.25, -0.2) is 9.18 Å². The van der Waals surface area contributed by atoms with E-state index in [1.807, 2.05) is 24.3 Å². The molecule has 0 aliphatic rings. The molecule has 0 aliphatic carbocycles. The van der Waals surface area contributed by atoms with Gasteiger partial charge in [-0.05, 0) is 47.0 Å². The number of oxime groups is 1. The van der Waals surface area contributed by atoms with Gasteiger partial charge in [0.25, 0.3) is 0 Å². The summed E-state index contributed by atoms with van der Waals surface area (Å²) >= 11 is 7.13. The lowest BCUT2D eigenvalue weighted by Gasteiger charge is -2.20. The van der Waals surface area contributed by atoms with E-state index in [9.17, 15) is 24.3 Å². The van der Waals surface area contributed by atoms with Crippen molar-refractivity contribution in [2.24, 2.45) is 12.2 Å². The van der Waals surface area contributed by atoms with Gasteiger partial charge >= 0.3 is 5.97 Å². The molecule has 0 fully saturated rings. The fourth-order valence-electron chi connectivity index (χ4n) is 3.85. The molecule has 178 valence electrons. The number of hydrogen-bond acceptors (Lipinski definition) is 5. The molecule has 0 saturated carbocycles. The SMILES string of the molecule is Cn1cc(/C(C[C@@H](c2ccc(-c3ccc(C(=O)O)s3)cc2)c2ccc(Cl)cc2F)=N/O)ccc1=O. The van der Waals surface area contributed by atoms with Gasteiger partial charge in [-0.2, -0.15) is 0 Å². The van der Waals surface area contributed by atoms with Crippen molar-refractivity contribution < 1.29 is 19.5 Å². The van der Waals surface area contributed by atoms with Crippen LogP contribution in [0.4, 0.5) is 4.39 Å². The van der Waals surface area contributed by atoms with E-state index in [4.69, 9.17) is 11.6 Å². The monoisotopic (exact) mass is 510 g/mol. The summed E-state index contributed by atoms with van der Waals surface area (Å²) in [6.07, 6.45) is 1.71. The van der Waals surface area contributed by atoms with Crippen molar-refractivity contribution in [3.8, 4) is 10.4 Å². The molecule has 0 saturated heterocycles. The van der Waals surface area contributed by atoms with Gasteiger partial charge in [0.05, 0.1) is 5.71 Å². The second-order valence-electron chi connectivity index (χ2n) is 7.93. The number of halogens is 2. The molecule has 2 aromatic carbocycles. The molecule has 35 heavy (non-hydrogen) atoms. The predicted molar refractivity (Wildman–Crippen MR) is 135 cm³/mol. The van der Waals surface area contributed by atoms with E-state index in [-0.39, 0.29) is 27.6 Å². The number of carbonyl (C=O) groups is 1. The molecule has 2 heterocycles.